The molecule has 0 bridgehead atoms. The van der Waals surface area contributed by atoms with E-state index in [-0.39, 0.29) is 23.8 Å². The number of carbonyl (C=O) groups is 1. The highest BCUT2D eigenvalue weighted by molar-refractivity contribution is 7.89. The smallest absolute Gasteiger partial charge is 0.309 e. The molecular formula is C13H16FNO4S. The van der Waals surface area contributed by atoms with Gasteiger partial charge in [-0.3, -0.25) is 4.79 Å². The highest BCUT2D eigenvalue weighted by Crippen LogP contribution is 2.09. The van der Waals surface area contributed by atoms with Crippen LogP contribution in [0.5, 0.6) is 0 Å². The van der Waals surface area contributed by atoms with E-state index in [1.807, 2.05) is 0 Å². The summed E-state index contributed by atoms with van der Waals surface area (Å²) in [4.78, 5) is 10.8. The molecule has 1 rings (SSSR count). The molecule has 0 aliphatic rings. The Labute approximate surface area is 117 Å². The van der Waals surface area contributed by atoms with Crippen LogP contribution in [-0.4, -0.2) is 28.0 Å². The fraction of sp³-hybridized carbons (Fsp3) is 0.308. The normalized spacial score (nSPS) is 11.7. The number of carbonyl (C=O) groups excluding carboxylic acids is 1. The van der Waals surface area contributed by atoms with Crippen LogP contribution in [0.25, 0.3) is 0 Å². The fourth-order valence-corrected chi connectivity index (χ4v) is 2.40. The van der Waals surface area contributed by atoms with Crippen molar-refractivity contribution in [1.82, 2.24) is 4.72 Å². The Morgan fingerprint density at radius 3 is 2.55 bits per heavy atom. The number of rotatable bonds is 7. The molecule has 0 saturated heterocycles. The van der Waals surface area contributed by atoms with Crippen molar-refractivity contribution in [2.45, 2.75) is 17.7 Å². The van der Waals surface area contributed by atoms with Gasteiger partial charge in [0, 0.05) is 6.54 Å². The number of methoxy groups -OCH3 is 1. The summed E-state index contributed by atoms with van der Waals surface area (Å²) in [6, 6.07) is 4.57. The predicted molar refractivity (Wildman–Crippen MR) is 72.0 cm³/mol. The zero-order valence-corrected chi connectivity index (χ0v) is 11.8. The molecule has 110 valence electrons. The molecule has 0 radical (unpaired) electrons. The first-order valence-electron chi connectivity index (χ1n) is 5.93. The highest BCUT2D eigenvalue weighted by Gasteiger charge is 2.12. The van der Waals surface area contributed by atoms with Crippen LogP contribution in [0.1, 0.15) is 12.8 Å². The van der Waals surface area contributed by atoms with E-state index in [4.69, 9.17) is 0 Å². The van der Waals surface area contributed by atoms with Gasteiger partial charge in [0.2, 0.25) is 10.0 Å². The minimum Gasteiger partial charge on any atom is -0.469 e. The lowest BCUT2D eigenvalue weighted by molar-refractivity contribution is -0.139. The van der Waals surface area contributed by atoms with E-state index < -0.39 is 15.8 Å². The number of hydrogen-bond donors (Lipinski definition) is 1. The molecule has 0 fully saturated rings. The monoisotopic (exact) mass is 301 g/mol. The van der Waals surface area contributed by atoms with Crippen LogP contribution in [0, 0.1) is 5.82 Å². The fourth-order valence-electron chi connectivity index (χ4n) is 1.35. The van der Waals surface area contributed by atoms with E-state index in [0.717, 1.165) is 12.1 Å². The predicted octanol–water partition coefficient (Wildman–Crippen LogP) is 1.61. The molecule has 0 saturated carbocycles. The standard InChI is InChI=1S/C13H16FNO4S/c1-19-13(16)5-3-2-4-10-15-20(17,18)12-8-6-11(14)7-9-12/h2-3,6-9,15H,4-5,10H2,1H3/b3-2+. The van der Waals surface area contributed by atoms with Crippen molar-refractivity contribution >= 4 is 16.0 Å². The maximum absolute atomic E-state index is 12.7. The summed E-state index contributed by atoms with van der Waals surface area (Å²) in [6.45, 7) is 0.192. The number of halogens is 1. The molecule has 0 atom stereocenters. The third kappa shape index (κ3) is 5.50. The first-order chi connectivity index (χ1) is 9.45. The van der Waals surface area contributed by atoms with Crippen molar-refractivity contribution in [1.29, 1.82) is 0 Å². The number of esters is 1. The van der Waals surface area contributed by atoms with Crippen molar-refractivity contribution in [2.75, 3.05) is 13.7 Å². The van der Waals surface area contributed by atoms with Crippen LogP contribution >= 0.6 is 0 Å². The van der Waals surface area contributed by atoms with Crippen LogP contribution in [-0.2, 0) is 19.6 Å². The van der Waals surface area contributed by atoms with Gasteiger partial charge in [-0.05, 0) is 30.7 Å². The van der Waals surface area contributed by atoms with Gasteiger partial charge < -0.3 is 4.74 Å². The largest absolute Gasteiger partial charge is 0.469 e. The van der Waals surface area contributed by atoms with Gasteiger partial charge in [-0.2, -0.15) is 0 Å². The molecule has 1 aromatic rings. The topological polar surface area (TPSA) is 72.5 Å². The van der Waals surface area contributed by atoms with E-state index in [9.17, 15) is 17.6 Å². The number of sulfonamides is 1. The minimum absolute atomic E-state index is 0.0115. The summed E-state index contributed by atoms with van der Waals surface area (Å²) in [5.74, 6) is -0.845. The number of ether oxygens (including phenoxy) is 1. The third-order valence-electron chi connectivity index (χ3n) is 2.41. The highest BCUT2D eigenvalue weighted by atomic mass is 32.2. The quantitative estimate of drug-likeness (QED) is 0.472. The maximum Gasteiger partial charge on any atom is 0.309 e. The number of hydrogen-bond acceptors (Lipinski definition) is 4. The van der Waals surface area contributed by atoms with E-state index >= 15 is 0 Å². The summed E-state index contributed by atoms with van der Waals surface area (Å²) in [5.41, 5.74) is 0. The Morgan fingerprint density at radius 1 is 1.30 bits per heavy atom. The molecular weight excluding hydrogens is 285 g/mol. The van der Waals surface area contributed by atoms with E-state index in [0.29, 0.717) is 6.42 Å². The molecule has 0 heterocycles. The van der Waals surface area contributed by atoms with Crippen LogP contribution in [0.3, 0.4) is 0 Å². The minimum atomic E-state index is -3.63. The molecule has 0 amide bonds. The Hall–Kier alpha value is -1.73. The van der Waals surface area contributed by atoms with E-state index in [1.54, 1.807) is 12.2 Å². The van der Waals surface area contributed by atoms with Gasteiger partial charge in [-0.15, -0.1) is 0 Å². The molecule has 1 N–H and O–H groups in total. The Morgan fingerprint density at radius 2 is 1.95 bits per heavy atom. The second kappa shape index (κ2) is 7.76. The van der Waals surface area contributed by atoms with Crippen molar-refractivity contribution in [3.8, 4) is 0 Å². The first-order valence-corrected chi connectivity index (χ1v) is 7.41. The number of benzene rings is 1. The zero-order chi connectivity index (χ0) is 15.0. The Bertz CT molecular complexity index is 567. The van der Waals surface area contributed by atoms with E-state index in [1.165, 1.54) is 19.2 Å². The maximum atomic E-state index is 12.7. The Kier molecular flexibility index (Phi) is 6.33. The van der Waals surface area contributed by atoms with Crippen molar-refractivity contribution in [3.05, 3.63) is 42.2 Å². The SMILES string of the molecule is COC(=O)C/C=C/CCNS(=O)(=O)c1ccc(F)cc1. The lowest BCUT2D eigenvalue weighted by atomic mass is 10.3. The summed E-state index contributed by atoms with van der Waals surface area (Å²) in [6.07, 6.45) is 3.89. The second-order valence-electron chi connectivity index (χ2n) is 3.89. The zero-order valence-electron chi connectivity index (χ0n) is 11.0. The summed E-state index contributed by atoms with van der Waals surface area (Å²) in [5, 5.41) is 0. The van der Waals surface area contributed by atoms with Gasteiger partial charge in [0.05, 0.1) is 18.4 Å². The van der Waals surface area contributed by atoms with Gasteiger partial charge in [-0.25, -0.2) is 17.5 Å². The Balaban J connectivity index is 2.41. The summed E-state index contributed by atoms with van der Waals surface area (Å²) < 4.78 is 43.1. The molecule has 20 heavy (non-hydrogen) atoms. The molecule has 7 heteroatoms. The van der Waals surface area contributed by atoms with E-state index in [2.05, 4.69) is 9.46 Å². The molecule has 1 aromatic carbocycles. The molecule has 0 aliphatic carbocycles. The average molecular weight is 301 g/mol. The average Bonchev–Trinajstić information content (AvgIpc) is 2.42. The number of nitrogens with one attached hydrogen (secondary N) is 1. The molecule has 0 aliphatic heterocycles. The molecule has 0 spiro atoms. The summed E-state index contributed by atoms with van der Waals surface area (Å²) in [7, 11) is -2.33. The van der Waals surface area contributed by atoms with Crippen molar-refractivity contribution in [3.63, 3.8) is 0 Å². The third-order valence-corrected chi connectivity index (χ3v) is 3.88. The second-order valence-corrected chi connectivity index (χ2v) is 5.66. The van der Waals surface area contributed by atoms with Crippen LogP contribution in [0.2, 0.25) is 0 Å². The lowest BCUT2D eigenvalue weighted by Gasteiger charge is -2.05. The van der Waals surface area contributed by atoms with Crippen molar-refractivity contribution in [2.24, 2.45) is 0 Å². The molecule has 0 aromatic heterocycles. The molecule has 5 nitrogen and oxygen atoms in total. The van der Waals surface area contributed by atoms with Gasteiger partial charge in [0.1, 0.15) is 5.82 Å². The molecule has 0 unspecified atom stereocenters. The van der Waals surface area contributed by atoms with Gasteiger partial charge in [-0.1, -0.05) is 12.2 Å². The van der Waals surface area contributed by atoms with Crippen LogP contribution in [0.4, 0.5) is 4.39 Å². The first kappa shape index (κ1) is 16.3. The van der Waals surface area contributed by atoms with Gasteiger partial charge in [0.15, 0.2) is 0 Å². The summed E-state index contributed by atoms with van der Waals surface area (Å²) >= 11 is 0. The van der Waals surface area contributed by atoms with Gasteiger partial charge in [0.25, 0.3) is 0 Å². The van der Waals surface area contributed by atoms with Crippen LogP contribution < -0.4 is 4.72 Å². The van der Waals surface area contributed by atoms with Gasteiger partial charge >= 0.3 is 5.97 Å². The van der Waals surface area contributed by atoms with Crippen molar-refractivity contribution < 1.29 is 22.3 Å². The van der Waals surface area contributed by atoms with Crippen LogP contribution in [0.15, 0.2) is 41.3 Å². The lowest BCUT2D eigenvalue weighted by Crippen LogP contribution is -2.24.